The maximum Gasteiger partial charge on any atom is 0.410 e. The topological polar surface area (TPSA) is 227 Å². The van der Waals surface area contributed by atoms with E-state index >= 15 is 0 Å². The summed E-state index contributed by atoms with van der Waals surface area (Å²) in [6, 6.07) is 9.16. The number of ether oxygens (including phenoxy) is 2. The number of amides is 2. The van der Waals surface area contributed by atoms with Crippen molar-refractivity contribution in [3.8, 4) is 0 Å². The van der Waals surface area contributed by atoms with E-state index in [0.717, 1.165) is 0 Å². The highest BCUT2D eigenvalue weighted by molar-refractivity contribution is 7.81. The molecular formula is C27H31N7O9S. The summed E-state index contributed by atoms with van der Waals surface area (Å²) < 4.78 is 10.8. The molecule has 2 amide bonds. The van der Waals surface area contributed by atoms with Gasteiger partial charge in [-0.25, -0.2) is 14.6 Å². The highest BCUT2D eigenvalue weighted by Gasteiger charge is 2.44. The Morgan fingerprint density at radius 1 is 0.932 bits per heavy atom. The molecule has 44 heavy (non-hydrogen) atoms. The number of guanidine groups is 1. The molecule has 234 valence electrons. The van der Waals surface area contributed by atoms with Crippen molar-refractivity contribution in [1.29, 1.82) is 0 Å². The fourth-order valence-corrected chi connectivity index (χ4v) is 5.49. The van der Waals surface area contributed by atoms with Crippen LogP contribution < -0.4 is 11.5 Å². The zero-order valence-corrected chi connectivity index (χ0v) is 24.3. The van der Waals surface area contributed by atoms with Crippen LogP contribution in [-0.2, 0) is 32.3 Å². The van der Waals surface area contributed by atoms with E-state index in [1.54, 1.807) is 0 Å². The monoisotopic (exact) mass is 629 g/mol. The van der Waals surface area contributed by atoms with Crippen molar-refractivity contribution in [3.05, 3.63) is 79.9 Å². The van der Waals surface area contributed by atoms with Crippen LogP contribution in [0.25, 0.3) is 0 Å². The largest absolute Gasteiger partial charge is 0.459 e. The average Bonchev–Trinajstić information content (AvgIpc) is 3.64. The Morgan fingerprint density at radius 3 is 2.00 bits per heavy atom. The molecule has 16 nitrogen and oxygen atoms in total. The van der Waals surface area contributed by atoms with Gasteiger partial charge in [0.05, 0.1) is 9.85 Å². The van der Waals surface area contributed by atoms with E-state index in [1.807, 2.05) is 0 Å². The number of carbonyl (C=O) groups is 3. The number of nitro benzene ring substituents is 2. The summed E-state index contributed by atoms with van der Waals surface area (Å²) in [5.41, 5.74) is 12.0. The van der Waals surface area contributed by atoms with Crippen LogP contribution in [0.4, 0.5) is 16.2 Å². The summed E-state index contributed by atoms with van der Waals surface area (Å²) in [5, 5.41) is 21.4. The molecule has 4 atom stereocenters. The van der Waals surface area contributed by atoms with E-state index in [2.05, 4.69) is 17.6 Å². The van der Waals surface area contributed by atoms with Gasteiger partial charge in [0.25, 0.3) is 11.4 Å². The molecule has 0 radical (unpaired) electrons. The van der Waals surface area contributed by atoms with Crippen molar-refractivity contribution in [2.45, 2.75) is 43.4 Å². The summed E-state index contributed by atoms with van der Waals surface area (Å²) in [6.07, 6.45) is -0.0339. The van der Waals surface area contributed by atoms with Gasteiger partial charge in [0.1, 0.15) is 19.3 Å². The van der Waals surface area contributed by atoms with Crippen molar-refractivity contribution < 1.29 is 33.7 Å². The summed E-state index contributed by atoms with van der Waals surface area (Å²) in [6.45, 7) is 0.299. The molecule has 2 aromatic rings. The number of esters is 1. The number of carbonyl (C=O) groups excluding carboxylic acids is 3. The van der Waals surface area contributed by atoms with Crippen LogP contribution in [0.15, 0.2) is 53.5 Å². The van der Waals surface area contributed by atoms with Crippen molar-refractivity contribution in [3.63, 3.8) is 0 Å². The molecule has 1 unspecified atom stereocenters. The average molecular weight is 630 g/mol. The SMILES string of the molecule is NC(N)=NC(C(=O)OCc1ccc([N+](=O)[O-])cc1)[C@@H]1CCN(C(=O)[C@@H]2C[C@H](S)CN2C(=O)OCc2ccc([N+](=O)[O-])cc2)C1. The van der Waals surface area contributed by atoms with Crippen molar-refractivity contribution >= 4 is 47.9 Å². The highest BCUT2D eigenvalue weighted by atomic mass is 32.1. The number of hydrogen-bond acceptors (Lipinski definition) is 11. The number of likely N-dealkylation sites (tertiary alicyclic amines) is 2. The van der Waals surface area contributed by atoms with Crippen molar-refractivity contribution in [2.75, 3.05) is 19.6 Å². The van der Waals surface area contributed by atoms with Crippen molar-refractivity contribution in [1.82, 2.24) is 9.80 Å². The van der Waals surface area contributed by atoms with Crippen LogP contribution >= 0.6 is 12.6 Å². The second-order valence-corrected chi connectivity index (χ2v) is 11.1. The van der Waals surface area contributed by atoms with Gasteiger partial charge < -0.3 is 25.8 Å². The molecule has 0 saturated carbocycles. The van der Waals surface area contributed by atoms with Crippen LogP contribution in [-0.4, -0.2) is 80.5 Å². The number of aliphatic imine (C=N–C) groups is 1. The van der Waals surface area contributed by atoms with Crippen molar-refractivity contribution in [2.24, 2.45) is 22.4 Å². The van der Waals surface area contributed by atoms with Gasteiger partial charge >= 0.3 is 12.1 Å². The minimum Gasteiger partial charge on any atom is -0.459 e. The Morgan fingerprint density at radius 2 is 1.48 bits per heavy atom. The Hall–Kier alpha value is -4.93. The van der Waals surface area contributed by atoms with Gasteiger partial charge in [-0.3, -0.25) is 29.9 Å². The van der Waals surface area contributed by atoms with Gasteiger partial charge in [0, 0.05) is 55.1 Å². The fraction of sp³-hybridized carbons (Fsp3) is 0.407. The molecule has 0 spiro atoms. The maximum atomic E-state index is 13.6. The number of non-ortho nitro benzene ring substituents is 2. The zero-order valence-electron chi connectivity index (χ0n) is 23.4. The third kappa shape index (κ3) is 7.91. The molecule has 0 aromatic heterocycles. The van der Waals surface area contributed by atoms with Crippen LogP contribution in [0.1, 0.15) is 24.0 Å². The van der Waals surface area contributed by atoms with Gasteiger partial charge in [0.15, 0.2) is 12.0 Å². The normalized spacial score (nSPS) is 20.1. The summed E-state index contributed by atoms with van der Waals surface area (Å²) in [5.74, 6) is -1.85. The lowest BCUT2D eigenvalue weighted by molar-refractivity contribution is -0.385. The molecule has 2 aliphatic rings. The van der Waals surface area contributed by atoms with E-state index < -0.39 is 39.9 Å². The van der Waals surface area contributed by atoms with Crippen LogP contribution in [0.2, 0.25) is 0 Å². The molecule has 2 saturated heterocycles. The summed E-state index contributed by atoms with van der Waals surface area (Å²) in [4.78, 5) is 67.1. The van der Waals surface area contributed by atoms with E-state index in [4.69, 9.17) is 20.9 Å². The number of rotatable bonds is 10. The molecule has 2 fully saturated rings. The Labute approximate surface area is 256 Å². The third-order valence-electron chi connectivity index (χ3n) is 7.35. The molecule has 2 heterocycles. The van der Waals surface area contributed by atoms with E-state index in [9.17, 15) is 34.6 Å². The van der Waals surface area contributed by atoms with Gasteiger partial charge in [-0.05, 0) is 48.2 Å². The Balaban J connectivity index is 1.36. The van der Waals surface area contributed by atoms with Crippen LogP contribution in [0.5, 0.6) is 0 Å². The minimum absolute atomic E-state index is 0.0908. The first kappa shape index (κ1) is 32.0. The lowest BCUT2D eigenvalue weighted by atomic mass is 9.99. The third-order valence-corrected chi connectivity index (χ3v) is 7.72. The number of thiol groups is 1. The smallest absolute Gasteiger partial charge is 0.410 e. The number of benzene rings is 2. The van der Waals surface area contributed by atoms with E-state index in [1.165, 1.54) is 58.3 Å². The van der Waals surface area contributed by atoms with E-state index in [-0.39, 0.29) is 61.3 Å². The Bertz CT molecular complexity index is 1430. The number of nitrogens with zero attached hydrogens (tertiary/aromatic N) is 5. The van der Waals surface area contributed by atoms with Crippen LogP contribution in [0, 0.1) is 26.1 Å². The van der Waals surface area contributed by atoms with Crippen LogP contribution in [0.3, 0.4) is 0 Å². The molecule has 4 rings (SSSR count). The lowest BCUT2D eigenvalue weighted by Gasteiger charge is -2.27. The first-order valence-corrected chi connectivity index (χ1v) is 14.1. The first-order valence-electron chi connectivity index (χ1n) is 13.5. The maximum absolute atomic E-state index is 13.6. The molecule has 0 bridgehead atoms. The van der Waals surface area contributed by atoms with Gasteiger partial charge in [-0.1, -0.05) is 0 Å². The molecule has 0 aliphatic carbocycles. The van der Waals surface area contributed by atoms with Gasteiger partial charge in [-0.15, -0.1) is 0 Å². The van der Waals surface area contributed by atoms with Gasteiger partial charge in [-0.2, -0.15) is 12.6 Å². The Kier molecular flexibility index (Phi) is 10.2. The predicted octanol–water partition coefficient (Wildman–Crippen LogP) is 1.75. The summed E-state index contributed by atoms with van der Waals surface area (Å²) >= 11 is 4.47. The number of nitro groups is 2. The molecule has 4 N–H and O–H groups in total. The standard InChI is InChI=1S/C27H31N7O9S/c28-26(29)30-23(25(36)42-14-16-1-5-19(6-2-16)33(38)39)18-9-10-31(12-18)24(35)22-11-21(44)13-32(22)27(37)43-15-17-3-7-20(8-4-17)34(40)41/h1-8,18,21-23,44H,9-15H2,(H4,28,29,30)/t18-,21+,22+,23?/m1/s1. The minimum atomic E-state index is -1.10. The lowest BCUT2D eigenvalue weighted by Crippen LogP contribution is -2.47. The number of nitrogens with two attached hydrogens (primary N) is 2. The second kappa shape index (κ2) is 14.0. The molecule has 2 aliphatic heterocycles. The molecule has 2 aromatic carbocycles. The quantitative estimate of drug-likeness (QED) is 0.0856. The first-order chi connectivity index (χ1) is 20.9. The fourth-order valence-electron chi connectivity index (χ4n) is 5.11. The molecular weight excluding hydrogens is 598 g/mol. The number of hydrogen-bond donors (Lipinski definition) is 3. The summed E-state index contributed by atoms with van der Waals surface area (Å²) in [7, 11) is 0. The van der Waals surface area contributed by atoms with E-state index in [0.29, 0.717) is 24.0 Å². The molecule has 17 heteroatoms. The zero-order chi connectivity index (χ0) is 32.0. The predicted molar refractivity (Wildman–Crippen MR) is 158 cm³/mol. The second-order valence-electron chi connectivity index (χ2n) is 10.4. The van der Waals surface area contributed by atoms with Gasteiger partial charge in [0.2, 0.25) is 5.91 Å². The highest BCUT2D eigenvalue weighted by Crippen LogP contribution is 2.29.